The van der Waals surface area contributed by atoms with Gasteiger partial charge in [0.2, 0.25) is 0 Å². The van der Waals surface area contributed by atoms with E-state index in [1.54, 1.807) is 34.3 Å². The summed E-state index contributed by atoms with van der Waals surface area (Å²) in [6.07, 6.45) is 9.58. The van der Waals surface area contributed by atoms with E-state index in [0.717, 1.165) is 10.1 Å². The Morgan fingerprint density at radius 2 is 0.979 bits per heavy atom. The molecule has 4 fully saturated rings. The molecule has 16 heteroatoms. The number of aryl methyl sites for hydroxylation is 2. The highest BCUT2D eigenvalue weighted by Crippen LogP contribution is 2.43. The van der Waals surface area contributed by atoms with Crippen molar-refractivity contribution in [2.45, 2.75) is 38.5 Å². The predicted octanol–water partition coefficient (Wildman–Crippen LogP) is -5.88. The van der Waals surface area contributed by atoms with Gasteiger partial charge in [-0.3, -0.25) is 38.4 Å². The zero-order valence-corrected chi connectivity index (χ0v) is 31.7. The third-order valence-electron chi connectivity index (χ3n) is 9.46. The number of pyridine rings is 2. The number of hydroxylamine groups is 4. The highest BCUT2D eigenvalue weighted by atomic mass is 127. The van der Waals surface area contributed by atoms with Crippen LogP contribution in [0.3, 0.4) is 0 Å². The van der Waals surface area contributed by atoms with Crippen LogP contribution in [0.4, 0.5) is 0 Å². The van der Waals surface area contributed by atoms with Gasteiger partial charge in [-0.15, -0.1) is 0 Å². The van der Waals surface area contributed by atoms with Crippen LogP contribution in [0.15, 0.2) is 49.1 Å². The molecule has 6 rings (SSSR count). The van der Waals surface area contributed by atoms with Crippen molar-refractivity contribution < 1.29 is 95.5 Å². The third-order valence-corrected chi connectivity index (χ3v) is 9.46. The Labute approximate surface area is 313 Å². The first-order valence-electron chi connectivity index (χ1n) is 15.3. The number of hydrogen-bond donors (Lipinski definition) is 0. The summed E-state index contributed by atoms with van der Waals surface area (Å²) in [5, 5.41) is 1.71. The number of piperidine rings is 2. The summed E-state index contributed by atoms with van der Waals surface area (Å²) in [6, 6.07) is 7.22. The number of nitrogens with zero attached hydrogens (tertiary/aromatic N) is 6. The van der Waals surface area contributed by atoms with Gasteiger partial charge in [0.1, 0.15) is 25.2 Å². The smallest absolute Gasteiger partial charge is 0.260 e. The predicted molar refractivity (Wildman–Crippen MR) is 157 cm³/mol. The van der Waals surface area contributed by atoms with Crippen LogP contribution >= 0.6 is 0 Å². The minimum atomic E-state index is -0.703. The lowest BCUT2D eigenvalue weighted by Gasteiger charge is -2.36. The Morgan fingerprint density at radius 3 is 1.25 bits per heavy atom. The molecule has 0 aliphatic carbocycles. The van der Waals surface area contributed by atoms with E-state index in [9.17, 15) is 28.8 Å². The monoisotopic (exact) mass is 890 g/mol. The summed E-state index contributed by atoms with van der Waals surface area (Å²) < 4.78 is 3.66. The largest absolute Gasteiger partial charge is 1.00 e. The average Bonchev–Trinajstić information content (AvgIpc) is 3.42. The number of carbonyl (C=O) groups excluding carboxylic acids is 6. The van der Waals surface area contributed by atoms with Crippen LogP contribution in [0.1, 0.15) is 59.2 Å². The molecule has 2 spiro atoms. The minimum Gasteiger partial charge on any atom is -1.00 e. The summed E-state index contributed by atoms with van der Waals surface area (Å²) in [5.41, 5.74) is -0.159. The fourth-order valence-electron chi connectivity index (χ4n) is 6.75. The Kier molecular flexibility index (Phi) is 13.2. The fourth-order valence-corrected chi connectivity index (χ4v) is 6.75. The van der Waals surface area contributed by atoms with E-state index in [-0.39, 0.29) is 96.2 Å². The molecular weight excluding hydrogens is 850 g/mol. The molecule has 0 radical (unpaired) electrons. The minimum absolute atomic E-state index is 0. The van der Waals surface area contributed by atoms with Crippen LogP contribution in [0, 0.1) is 10.8 Å². The fraction of sp³-hybridized carbons (Fsp3) is 0.500. The van der Waals surface area contributed by atoms with Gasteiger partial charge in [0.05, 0.1) is 25.0 Å². The molecule has 260 valence electrons. The van der Waals surface area contributed by atoms with E-state index in [1.165, 1.54) is 14.2 Å². The number of likely N-dealkylation sites (tertiary alicyclic amines) is 2. The van der Waals surface area contributed by atoms with Gasteiger partial charge in [-0.05, 0) is 37.8 Å². The number of halogens is 2. The zero-order valence-electron chi connectivity index (χ0n) is 27.4. The second kappa shape index (κ2) is 16.1. The van der Waals surface area contributed by atoms with Crippen molar-refractivity contribution in [3.8, 4) is 0 Å². The van der Waals surface area contributed by atoms with Crippen LogP contribution in [0.2, 0.25) is 0 Å². The molecule has 48 heavy (non-hydrogen) atoms. The highest BCUT2D eigenvalue weighted by Gasteiger charge is 2.55. The van der Waals surface area contributed by atoms with E-state index < -0.39 is 10.8 Å². The van der Waals surface area contributed by atoms with Crippen molar-refractivity contribution in [3.63, 3.8) is 0 Å². The van der Waals surface area contributed by atoms with Gasteiger partial charge in [0, 0.05) is 51.2 Å². The first-order chi connectivity index (χ1) is 21.9. The molecule has 6 heterocycles. The van der Waals surface area contributed by atoms with Gasteiger partial charge in [0.25, 0.3) is 35.4 Å². The van der Waals surface area contributed by atoms with Crippen molar-refractivity contribution in [1.82, 2.24) is 19.9 Å². The first kappa shape index (κ1) is 39.3. The van der Waals surface area contributed by atoms with Crippen LogP contribution in [0.25, 0.3) is 0 Å². The van der Waals surface area contributed by atoms with Crippen LogP contribution in [-0.2, 0) is 42.9 Å². The Hall–Kier alpha value is -3.10. The van der Waals surface area contributed by atoms with Crippen LogP contribution < -0.4 is 57.1 Å². The van der Waals surface area contributed by atoms with E-state index in [4.69, 9.17) is 9.68 Å². The van der Waals surface area contributed by atoms with Crippen LogP contribution in [0.5, 0.6) is 0 Å². The second-order valence-corrected chi connectivity index (χ2v) is 12.4. The topological polar surface area (TPSA) is 142 Å². The molecule has 4 aliphatic rings. The van der Waals surface area contributed by atoms with Gasteiger partial charge < -0.3 is 57.8 Å². The van der Waals surface area contributed by atoms with E-state index >= 15 is 0 Å². The number of carbonyl (C=O) groups is 6. The summed E-state index contributed by atoms with van der Waals surface area (Å²) >= 11 is 0. The molecule has 0 N–H and O–H groups in total. The van der Waals surface area contributed by atoms with Crippen molar-refractivity contribution in [2.75, 3.05) is 40.4 Å². The molecule has 2 aromatic rings. The maximum atomic E-state index is 12.5. The zero-order chi connectivity index (χ0) is 33.2. The van der Waals surface area contributed by atoms with Gasteiger partial charge in [-0.2, -0.15) is 10.1 Å². The van der Waals surface area contributed by atoms with E-state index in [0.29, 0.717) is 63.0 Å². The van der Waals surface area contributed by atoms with Crippen molar-refractivity contribution in [3.05, 3.63) is 60.2 Å². The normalized spacial score (nSPS) is 19.6. The third kappa shape index (κ3) is 7.70. The average molecular weight is 891 g/mol. The maximum Gasteiger partial charge on any atom is 0.260 e. The Bertz CT molecular complexity index is 1460. The number of hydrogen-bond acceptors (Lipinski definition) is 8. The lowest BCUT2D eigenvalue weighted by Crippen LogP contribution is -3.00. The molecular formula is C32H40I2N6O8. The lowest BCUT2D eigenvalue weighted by molar-refractivity contribution is -0.671. The molecule has 0 aromatic carbocycles. The standard InChI is InChI=1S/2C16H20N3O4.2HI/c2*1-17-7-3-4-12(11-17)14(21)18-8-5-16(6-9-18)10-13(20)19(23-2)15(16)22;;/h2*3-4,7,11H,5-6,8-10H2,1-2H3;2*1H/q2*+1;;/p-2. The Balaban J connectivity index is 0.000000250. The van der Waals surface area contributed by atoms with E-state index in [2.05, 4.69) is 0 Å². The number of imide groups is 2. The lowest BCUT2D eigenvalue weighted by atomic mass is 9.77. The molecule has 2 aromatic heterocycles. The van der Waals surface area contributed by atoms with Crippen LogP contribution in [-0.4, -0.2) is 95.8 Å². The summed E-state index contributed by atoms with van der Waals surface area (Å²) in [6.45, 7) is 1.87. The molecule has 0 atom stereocenters. The molecule has 0 saturated carbocycles. The van der Waals surface area contributed by atoms with Gasteiger partial charge in [-0.1, -0.05) is 0 Å². The SMILES string of the molecule is CON1C(=O)CC2(CCN(C(=O)c3ccc[n+](C)c3)CC2)C1=O.CON1C(=O)CC2(CCN(C(=O)c3ccc[n+](C)c3)CC2)C1=O.[I-].[I-]. The molecule has 4 saturated heterocycles. The molecule has 14 nitrogen and oxygen atoms in total. The Morgan fingerprint density at radius 1 is 0.646 bits per heavy atom. The summed E-state index contributed by atoms with van der Waals surface area (Å²) in [5.74, 6) is -1.24. The quantitative estimate of drug-likeness (QED) is 0.168. The molecule has 6 amide bonds. The maximum absolute atomic E-state index is 12.5. The summed E-state index contributed by atoms with van der Waals surface area (Å²) in [7, 11) is 6.37. The summed E-state index contributed by atoms with van der Waals surface area (Å²) in [4.78, 5) is 86.8. The number of amides is 6. The molecule has 0 bridgehead atoms. The molecule has 0 unspecified atom stereocenters. The van der Waals surface area contributed by atoms with Gasteiger partial charge >= 0.3 is 0 Å². The highest BCUT2D eigenvalue weighted by molar-refractivity contribution is 6.05. The van der Waals surface area contributed by atoms with Gasteiger partial charge in [-0.25, -0.2) is 9.13 Å². The number of aromatic nitrogens is 2. The van der Waals surface area contributed by atoms with Crippen molar-refractivity contribution in [2.24, 2.45) is 24.9 Å². The number of rotatable bonds is 4. The second-order valence-electron chi connectivity index (χ2n) is 12.4. The van der Waals surface area contributed by atoms with Gasteiger partial charge in [0.15, 0.2) is 24.8 Å². The van der Waals surface area contributed by atoms with Crippen molar-refractivity contribution in [1.29, 1.82) is 0 Å². The van der Waals surface area contributed by atoms with E-state index in [1.807, 2.05) is 47.8 Å². The molecule has 4 aliphatic heterocycles. The van der Waals surface area contributed by atoms with Crippen molar-refractivity contribution >= 4 is 35.4 Å². The first-order valence-corrected chi connectivity index (χ1v) is 15.3.